The molecule has 0 aromatic heterocycles. The first-order valence-electron chi connectivity index (χ1n) is 7.37. The lowest BCUT2D eigenvalue weighted by Gasteiger charge is -2.30. The van der Waals surface area contributed by atoms with Crippen LogP contribution in [0.5, 0.6) is 5.75 Å². The molecule has 1 heterocycles. The highest BCUT2D eigenvalue weighted by Gasteiger charge is 2.39. The Balaban J connectivity index is 1.85. The fourth-order valence-corrected chi connectivity index (χ4v) is 3.45. The Labute approximate surface area is 120 Å². The highest BCUT2D eigenvalue weighted by molar-refractivity contribution is 5.81. The van der Waals surface area contributed by atoms with Crippen LogP contribution in [0.3, 0.4) is 0 Å². The molecule has 2 aliphatic rings. The van der Waals surface area contributed by atoms with E-state index in [4.69, 9.17) is 4.74 Å². The second kappa shape index (κ2) is 5.44. The largest absolute Gasteiger partial charge is 0.497 e. The lowest BCUT2D eigenvalue weighted by Crippen LogP contribution is -2.38. The number of rotatable bonds is 3. The lowest BCUT2D eigenvalue weighted by atomic mass is 10.1. The van der Waals surface area contributed by atoms with Gasteiger partial charge in [0, 0.05) is 6.04 Å². The van der Waals surface area contributed by atoms with Gasteiger partial charge in [0.1, 0.15) is 11.9 Å². The van der Waals surface area contributed by atoms with Gasteiger partial charge in [-0.2, -0.15) is 0 Å². The molecule has 20 heavy (non-hydrogen) atoms. The van der Waals surface area contributed by atoms with E-state index in [9.17, 15) is 4.79 Å². The average molecular weight is 274 g/mol. The molecule has 3 rings (SSSR count). The summed E-state index contributed by atoms with van der Waals surface area (Å²) in [6.45, 7) is 2.71. The van der Waals surface area contributed by atoms with Crippen LogP contribution in [0, 0.1) is 5.92 Å². The zero-order chi connectivity index (χ0) is 14.1. The molecule has 4 nitrogen and oxygen atoms in total. The monoisotopic (exact) mass is 274 g/mol. The Kier molecular flexibility index (Phi) is 3.66. The van der Waals surface area contributed by atoms with Gasteiger partial charge in [-0.25, -0.2) is 0 Å². The van der Waals surface area contributed by atoms with E-state index in [0.29, 0.717) is 12.6 Å². The van der Waals surface area contributed by atoms with Crippen LogP contribution in [-0.2, 0) is 4.79 Å². The zero-order valence-corrected chi connectivity index (χ0v) is 12.1. The van der Waals surface area contributed by atoms with Crippen LogP contribution in [-0.4, -0.2) is 30.5 Å². The summed E-state index contributed by atoms with van der Waals surface area (Å²) in [6, 6.07) is 8.37. The van der Waals surface area contributed by atoms with Crippen molar-refractivity contribution in [3.05, 3.63) is 29.8 Å². The fraction of sp³-hybridized carbons (Fsp3) is 0.562. The summed E-state index contributed by atoms with van der Waals surface area (Å²) < 4.78 is 5.29. The summed E-state index contributed by atoms with van der Waals surface area (Å²) >= 11 is 0. The number of methoxy groups -OCH3 is 1. The molecule has 0 spiro atoms. The zero-order valence-electron chi connectivity index (χ0n) is 12.1. The van der Waals surface area contributed by atoms with Crippen molar-refractivity contribution in [3.8, 4) is 5.75 Å². The van der Waals surface area contributed by atoms with E-state index in [1.807, 2.05) is 18.2 Å². The number of nitrogens with one attached hydrogen (secondary N) is 1. The van der Waals surface area contributed by atoms with Crippen LogP contribution in [0.25, 0.3) is 0 Å². The average Bonchev–Trinajstić information content (AvgIpc) is 3.04. The molecule has 1 amide bonds. The predicted octanol–water partition coefficient (Wildman–Crippen LogP) is 2.31. The molecule has 1 saturated heterocycles. The molecule has 1 N–H and O–H groups in total. The van der Waals surface area contributed by atoms with Crippen LogP contribution < -0.4 is 10.1 Å². The maximum Gasteiger partial charge on any atom is 0.238 e. The molecule has 1 aromatic carbocycles. The SMILES string of the molecule is COc1cccc(C2NCC(=O)N2C2CCC(C)C2)c1. The van der Waals surface area contributed by atoms with Crippen LogP contribution in [0.15, 0.2) is 24.3 Å². The van der Waals surface area contributed by atoms with E-state index < -0.39 is 0 Å². The molecule has 0 radical (unpaired) electrons. The molecular weight excluding hydrogens is 252 g/mol. The van der Waals surface area contributed by atoms with Gasteiger partial charge in [0.25, 0.3) is 0 Å². The topological polar surface area (TPSA) is 41.6 Å². The van der Waals surface area contributed by atoms with Gasteiger partial charge in [0.15, 0.2) is 0 Å². The Morgan fingerprint density at radius 1 is 1.35 bits per heavy atom. The van der Waals surface area contributed by atoms with Gasteiger partial charge in [-0.3, -0.25) is 10.1 Å². The van der Waals surface area contributed by atoms with Crippen molar-refractivity contribution in [1.82, 2.24) is 10.2 Å². The van der Waals surface area contributed by atoms with Gasteiger partial charge < -0.3 is 9.64 Å². The number of carbonyl (C=O) groups is 1. The molecule has 1 aliphatic carbocycles. The minimum Gasteiger partial charge on any atom is -0.497 e. The third-order valence-electron chi connectivity index (χ3n) is 4.48. The molecule has 1 saturated carbocycles. The van der Waals surface area contributed by atoms with E-state index in [1.165, 1.54) is 6.42 Å². The first kappa shape index (κ1) is 13.4. The Hall–Kier alpha value is -1.55. The molecule has 2 fully saturated rings. The first-order valence-corrected chi connectivity index (χ1v) is 7.37. The van der Waals surface area contributed by atoms with Crippen LogP contribution in [0.2, 0.25) is 0 Å². The molecule has 1 aromatic rings. The summed E-state index contributed by atoms with van der Waals surface area (Å²) in [5, 5.41) is 3.34. The minimum atomic E-state index is -0.00657. The van der Waals surface area contributed by atoms with Crippen LogP contribution >= 0.6 is 0 Å². The van der Waals surface area contributed by atoms with Gasteiger partial charge in [0.05, 0.1) is 13.7 Å². The second-order valence-corrected chi connectivity index (χ2v) is 5.93. The van der Waals surface area contributed by atoms with E-state index in [1.54, 1.807) is 7.11 Å². The molecule has 4 heteroatoms. The maximum absolute atomic E-state index is 12.2. The molecule has 3 unspecified atom stereocenters. The van der Waals surface area contributed by atoms with Crippen molar-refractivity contribution >= 4 is 5.91 Å². The van der Waals surface area contributed by atoms with E-state index >= 15 is 0 Å². The number of carbonyl (C=O) groups excluding carboxylic acids is 1. The lowest BCUT2D eigenvalue weighted by molar-refractivity contribution is -0.130. The number of amides is 1. The number of ether oxygens (including phenoxy) is 1. The van der Waals surface area contributed by atoms with Crippen molar-refractivity contribution in [2.24, 2.45) is 5.92 Å². The summed E-state index contributed by atoms with van der Waals surface area (Å²) in [5.74, 6) is 1.78. The van der Waals surface area contributed by atoms with Gasteiger partial charge in [0.2, 0.25) is 5.91 Å². The highest BCUT2D eigenvalue weighted by Crippen LogP contribution is 2.35. The number of nitrogens with zero attached hydrogens (tertiary/aromatic N) is 1. The van der Waals surface area contributed by atoms with Crippen molar-refractivity contribution in [2.75, 3.05) is 13.7 Å². The Bertz CT molecular complexity index is 503. The smallest absolute Gasteiger partial charge is 0.238 e. The van der Waals surface area contributed by atoms with Crippen LogP contribution in [0.4, 0.5) is 0 Å². The van der Waals surface area contributed by atoms with E-state index in [2.05, 4.69) is 23.2 Å². The van der Waals surface area contributed by atoms with Crippen molar-refractivity contribution < 1.29 is 9.53 Å². The Morgan fingerprint density at radius 2 is 2.20 bits per heavy atom. The first-order chi connectivity index (χ1) is 9.69. The fourth-order valence-electron chi connectivity index (χ4n) is 3.45. The van der Waals surface area contributed by atoms with Crippen molar-refractivity contribution in [1.29, 1.82) is 0 Å². The van der Waals surface area contributed by atoms with Gasteiger partial charge in [-0.1, -0.05) is 19.1 Å². The third-order valence-corrected chi connectivity index (χ3v) is 4.48. The van der Waals surface area contributed by atoms with E-state index in [-0.39, 0.29) is 12.1 Å². The van der Waals surface area contributed by atoms with Gasteiger partial charge in [-0.15, -0.1) is 0 Å². The third kappa shape index (κ3) is 2.40. The maximum atomic E-state index is 12.2. The molecule has 3 atom stereocenters. The van der Waals surface area contributed by atoms with Crippen molar-refractivity contribution in [2.45, 2.75) is 38.4 Å². The molecule has 108 valence electrons. The summed E-state index contributed by atoms with van der Waals surface area (Å²) in [6.07, 6.45) is 3.45. The summed E-state index contributed by atoms with van der Waals surface area (Å²) in [7, 11) is 1.67. The highest BCUT2D eigenvalue weighted by atomic mass is 16.5. The Morgan fingerprint density at radius 3 is 2.90 bits per heavy atom. The van der Waals surface area contributed by atoms with Gasteiger partial charge >= 0.3 is 0 Å². The van der Waals surface area contributed by atoms with Gasteiger partial charge in [-0.05, 0) is 42.9 Å². The number of hydrogen-bond donors (Lipinski definition) is 1. The molecule has 0 bridgehead atoms. The second-order valence-electron chi connectivity index (χ2n) is 5.93. The van der Waals surface area contributed by atoms with Crippen LogP contribution in [0.1, 0.15) is 37.9 Å². The quantitative estimate of drug-likeness (QED) is 0.919. The molecular formula is C16H22N2O2. The normalized spacial score (nSPS) is 30.0. The summed E-state index contributed by atoms with van der Waals surface area (Å²) in [5.41, 5.74) is 1.11. The van der Waals surface area contributed by atoms with Crippen molar-refractivity contribution in [3.63, 3.8) is 0 Å². The van der Waals surface area contributed by atoms with E-state index in [0.717, 1.165) is 30.1 Å². The minimum absolute atomic E-state index is 0.00657. The summed E-state index contributed by atoms with van der Waals surface area (Å²) in [4.78, 5) is 14.3. The number of hydrogen-bond acceptors (Lipinski definition) is 3. The standard InChI is InChI=1S/C16H22N2O2/c1-11-6-7-13(8-11)18-15(19)10-17-16(18)12-4-3-5-14(9-12)20-2/h3-5,9,11,13,16-17H,6-8,10H2,1-2H3. The predicted molar refractivity (Wildman–Crippen MR) is 77.4 cm³/mol. The number of benzene rings is 1. The molecule has 1 aliphatic heterocycles.